The topological polar surface area (TPSA) is 40.6 Å². The predicted octanol–water partition coefficient (Wildman–Crippen LogP) is 2.60. The Labute approximate surface area is 142 Å². The van der Waals surface area contributed by atoms with E-state index in [2.05, 4.69) is 67.8 Å². The van der Waals surface area contributed by atoms with Crippen LogP contribution in [0.2, 0.25) is 0 Å². The highest BCUT2D eigenvalue weighted by Crippen LogP contribution is 2.50. The van der Waals surface area contributed by atoms with Crippen molar-refractivity contribution >= 4 is 99.0 Å². The number of carbonyl (C=O) groups excluding carboxylic acids is 1. The molecule has 10 heteroatoms. The number of carbonyl (C=O) groups is 1. The average molecular weight is 598 g/mol. The van der Waals surface area contributed by atoms with Crippen LogP contribution in [0.25, 0.3) is 0 Å². The molecule has 1 aliphatic rings. The molecule has 1 saturated heterocycles. The first-order valence-corrected chi connectivity index (χ1v) is 10.2. The lowest BCUT2D eigenvalue weighted by Crippen LogP contribution is -2.49. The van der Waals surface area contributed by atoms with Gasteiger partial charge in [-0.3, -0.25) is 4.79 Å². The van der Waals surface area contributed by atoms with Gasteiger partial charge in [-0.05, 0) is 79.0 Å². The molecule has 0 spiro atoms. The van der Waals surface area contributed by atoms with Gasteiger partial charge in [-0.2, -0.15) is 0 Å². The first kappa shape index (κ1) is 16.3. The number of hydrogen-bond donors (Lipinski definition) is 0. The number of nitrogens with zero attached hydrogens (tertiary/aromatic N) is 2. The van der Waals surface area contributed by atoms with E-state index in [4.69, 9.17) is 18.8 Å². The number of amides is 1. The molecule has 0 saturated carbocycles. The summed E-state index contributed by atoms with van der Waals surface area (Å²) in [6, 6.07) is 0. The van der Waals surface area contributed by atoms with Crippen LogP contribution in [0.1, 0.15) is 0 Å². The number of piperazine rings is 1. The van der Waals surface area contributed by atoms with Gasteiger partial charge in [-0.1, -0.05) is 0 Å². The number of alkyl halides is 3. The molecule has 0 bridgehead atoms. The third-order valence-corrected chi connectivity index (χ3v) is 5.37. The summed E-state index contributed by atoms with van der Waals surface area (Å²) in [4.78, 5) is 13.7. The molecule has 0 aliphatic carbocycles. The van der Waals surface area contributed by atoms with Crippen molar-refractivity contribution in [3.63, 3.8) is 0 Å². The van der Waals surface area contributed by atoms with Gasteiger partial charge in [0.05, 0.1) is 0 Å². The maximum atomic E-state index is 11.9. The lowest BCUT2D eigenvalue weighted by atomic mass is 10.3. The Hall–Kier alpha value is 2.20. The van der Waals surface area contributed by atoms with E-state index in [9.17, 15) is 9.36 Å². The van der Waals surface area contributed by atoms with Gasteiger partial charge in [0, 0.05) is 26.2 Å². The summed E-state index contributed by atoms with van der Waals surface area (Å²) in [5.74, 6) is 0.0652. The molecular weight excluding hydrogens is 590 g/mol. The summed E-state index contributed by atoms with van der Waals surface area (Å²) in [6.45, 7) is -1.22. The SMILES string of the molecule is [B]P(=O)(Cl)N1CCN(C(=O)C(I)(I)I)CC1. The molecule has 90 valence electrons. The molecule has 1 amide bonds. The lowest BCUT2D eigenvalue weighted by molar-refractivity contribution is -0.129. The first-order chi connectivity index (χ1) is 7.12. The Morgan fingerprint density at radius 3 is 2.00 bits per heavy atom. The van der Waals surface area contributed by atoms with E-state index in [0.29, 0.717) is 26.2 Å². The van der Waals surface area contributed by atoms with Crippen LogP contribution in [0.4, 0.5) is 0 Å². The van der Waals surface area contributed by atoms with Crippen LogP contribution in [0.5, 0.6) is 0 Å². The van der Waals surface area contributed by atoms with E-state index in [-0.39, 0.29) is 5.91 Å². The quantitative estimate of drug-likeness (QED) is 0.213. The van der Waals surface area contributed by atoms with Crippen molar-refractivity contribution < 1.29 is 9.36 Å². The van der Waals surface area contributed by atoms with Crippen molar-refractivity contribution in [1.29, 1.82) is 0 Å². The normalized spacial score (nSPS) is 22.9. The number of rotatable bonds is 2. The van der Waals surface area contributed by atoms with E-state index in [1.807, 2.05) is 0 Å². The second-order valence-corrected chi connectivity index (χ2v) is 17.4. The third kappa shape index (κ3) is 4.71. The highest BCUT2D eigenvalue weighted by molar-refractivity contribution is 14.3. The predicted molar refractivity (Wildman–Crippen MR) is 92.2 cm³/mol. The molecular formula is C6H8BClI3N2O2P. The minimum atomic E-state index is -3.18. The van der Waals surface area contributed by atoms with E-state index in [1.165, 1.54) is 4.67 Å². The molecule has 1 fully saturated rings. The molecule has 2 radical (unpaired) electrons. The van der Waals surface area contributed by atoms with Crippen LogP contribution in [0.3, 0.4) is 0 Å². The van der Waals surface area contributed by atoms with E-state index in [1.54, 1.807) is 4.90 Å². The molecule has 0 aromatic carbocycles. The molecule has 0 aromatic heterocycles. The maximum Gasteiger partial charge on any atom is 0.258 e. The zero-order valence-electron chi connectivity index (χ0n) is 8.08. The summed E-state index contributed by atoms with van der Waals surface area (Å²) in [5, 5.41) is 0. The van der Waals surface area contributed by atoms with E-state index in [0.717, 1.165) is 0 Å². The summed E-state index contributed by atoms with van der Waals surface area (Å²) < 4.78 is 12.5. The summed E-state index contributed by atoms with van der Waals surface area (Å²) >= 11 is 11.8. The second-order valence-electron chi connectivity index (χ2n) is 3.29. The van der Waals surface area contributed by atoms with E-state index >= 15 is 0 Å². The smallest absolute Gasteiger partial charge is 0.258 e. The van der Waals surface area contributed by atoms with Crippen LogP contribution < -0.4 is 0 Å². The fourth-order valence-electron chi connectivity index (χ4n) is 1.35. The molecule has 1 atom stereocenters. The van der Waals surface area contributed by atoms with Gasteiger partial charge in [-0.25, -0.2) is 4.67 Å². The summed E-state index contributed by atoms with van der Waals surface area (Å²) in [6.07, 6.45) is 0. The van der Waals surface area contributed by atoms with Gasteiger partial charge >= 0.3 is 0 Å². The van der Waals surface area contributed by atoms with Crippen LogP contribution in [0.15, 0.2) is 0 Å². The Kier molecular flexibility index (Phi) is 6.20. The molecule has 1 heterocycles. The van der Waals surface area contributed by atoms with Crippen LogP contribution in [-0.2, 0) is 9.36 Å². The maximum absolute atomic E-state index is 11.9. The van der Waals surface area contributed by atoms with Gasteiger partial charge in [0.25, 0.3) is 5.91 Å². The lowest BCUT2D eigenvalue weighted by Gasteiger charge is -2.37. The molecule has 1 aliphatic heterocycles. The van der Waals surface area contributed by atoms with E-state index < -0.39 is 5.96 Å². The standard InChI is InChI=1S/C6H8BClI3N2O2P/c7-16(8,15)13-3-1-12(2-4-13)5(14)6(9,10)11/h1-4H2. The Bertz CT molecular complexity index is 326. The van der Waals surface area contributed by atoms with Crippen molar-refractivity contribution in [3.05, 3.63) is 0 Å². The monoisotopic (exact) mass is 598 g/mol. The van der Waals surface area contributed by atoms with Gasteiger partial charge in [0.1, 0.15) is 0 Å². The minimum Gasteiger partial charge on any atom is -0.338 e. The zero-order chi connectivity index (χ0) is 12.6. The summed E-state index contributed by atoms with van der Waals surface area (Å²) in [7, 11) is 5.36. The molecule has 16 heavy (non-hydrogen) atoms. The van der Waals surface area contributed by atoms with Crippen molar-refractivity contribution in [2.45, 2.75) is -0.565 Å². The van der Waals surface area contributed by atoms with Crippen molar-refractivity contribution in [1.82, 2.24) is 9.57 Å². The van der Waals surface area contributed by atoms with Gasteiger partial charge in [0.2, 0.25) is 7.00 Å². The van der Waals surface area contributed by atoms with Crippen molar-refractivity contribution in [2.24, 2.45) is 0 Å². The first-order valence-electron chi connectivity index (χ1n) is 4.32. The molecule has 4 nitrogen and oxygen atoms in total. The highest BCUT2D eigenvalue weighted by atomic mass is 127. The summed E-state index contributed by atoms with van der Waals surface area (Å²) in [5.41, 5.74) is 0. The molecule has 1 unspecified atom stereocenters. The fourth-order valence-corrected chi connectivity index (χ4v) is 3.55. The van der Waals surface area contributed by atoms with Gasteiger partial charge in [0.15, 0.2) is 6.52 Å². The van der Waals surface area contributed by atoms with Crippen LogP contribution >= 0.6 is 85.5 Å². The Morgan fingerprint density at radius 1 is 1.25 bits per heavy atom. The highest BCUT2D eigenvalue weighted by Gasteiger charge is 2.36. The van der Waals surface area contributed by atoms with Crippen molar-refractivity contribution in [2.75, 3.05) is 26.2 Å². The minimum absolute atomic E-state index is 0.0652. The number of hydrogen-bond acceptors (Lipinski definition) is 2. The largest absolute Gasteiger partial charge is 0.338 e. The fraction of sp³-hybridized carbons (Fsp3) is 0.833. The second kappa shape index (κ2) is 6.10. The molecule has 0 aromatic rings. The van der Waals surface area contributed by atoms with Gasteiger partial charge in [-0.15, -0.1) is 0 Å². The molecule has 1 rings (SSSR count). The zero-order valence-corrected chi connectivity index (χ0v) is 16.2. The molecule has 0 N–H and O–H groups in total. The Balaban J connectivity index is 2.56. The Morgan fingerprint density at radius 2 is 1.69 bits per heavy atom. The van der Waals surface area contributed by atoms with Gasteiger partial charge < -0.3 is 9.46 Å². The van der Waals surface area contributed by atoms with Crippen LogP contribution in [0, 0.1) is 0 Å². The van der Waals surface area contributed by atoms with Crippen molar-refractivity contribution in [3.8, 4) is 0 Å². The number of halogens is 4. The van der Waals surface area contributed by atoms with Crippen LogP contribution in [-0.4, -0.2) is 48.7 Å². The average Bonchev–Trinajstić information content (AvgIpc) is 2.14. The third-order valence-electron chi connectivity index (χ3n) is 2.17.